The lowest BCUT2D eigenvalue weighted by molar-refractivity contribution is -0.122. The fourth-order valence-corrected chi connectivity index (χ4v) is 4.00. The van der Waals surface area contributed by atoms with Crippen molar-refractivity contribution in [3.8, 4) is 0 Å². The molecule has 0 radical (unpaired) electrons. The second-order valence-electron chi connectivity index (χ2n) is 6.30. The average Bonchev–Trinajstić information content (AvgIpc) is 2.73. The first kappa shape index (κ1) is 18.9. The molecule has 1 amide bonds. The zero-order chi connectivity index (χ0) is 18.0. The minimum atomic E-state index is -3.60. The van der Waals surface area contributed by atoms with E-state index in [0.29, 0.717) is 32.7 Å². The maximum Gasteiger partial charge on any atom is 0.240 e. The van der Waals surface area contributed by atoms with Gasteiger partial charge in [0.1, 0.15) is 0 Å². The molecule has 1 heterocycles. The number of carbonyl (C=O) groups excluding carboxylic acids is 1. The first-order chi connectivity index (χ1) is 11.3. The Bertz CT molecular complexity index is 713. The standard InChI is InChI=1S/C17H26N2O4S/c1-5-19-15-9-8-13(12-14(15)17(3,4)16(19)20)24(21,22)18-10-7-11-23-6-2/h8-9,12,18H,5-7,10-11H2,1-4H3. The van der Waals surface area contributed by atoms with Gasteiger partial charge in [-0.05, 0) is 57.9 Å². The van der Waals surface area contributed by atoms with Crippen molar-refractivity contribution in [2.45, 2.75) is 44.4 Å². The van der Waals surface area contributed by atoms with Crippen LogP contribution in [0.4, 0.5) is 5.69 Å². The van der Waals surface area contributed by atoms with Crippen molar-refractivity contribution in [3.63, 3.8) is 0 Å². The molecule has 134 valence electrons. The number of hydrogen-bond acceptors (Lipinski definition) is 4. The van der Waals surface area contributed by atoms with Gasteiger partial charge in [0, 0.05) is 32.0 Å². The molecule has 2 rings (SSSR count). The second-order valence-corrected chi connectivity index (χ2v) is 8.07. The Balaban J connectivity index is 2.22. The van der Waals surface area contributed by atoms with Gasteiger partial charge in [0.05, 0.1) is 10.3 Å². The number of hydrogen-bond donors (Lipinski definition) is 1. The third kappa shape index (κ3) is 3.48. The molecule has 1 aromatic carbocycles. The third-order valence-corrected chi connectivity index (χ3v) is 5.76. The zero-order valence-electron chi connectivity index (χ0n) is 14.8. The number of nitrogens with one attached hydrogen (secondary N) is 1. The van der Waals surface area contributed by atoms with E-state index in [1.807, 2.05) is 27.7 Å². The van der Waals surface area contributed by atoms with Gasteiger partial charge >= 0.3 is 0 Å². The lowest BCUT2D eigenvalue weighted by atomic mass is 9.86. The van der Waals surface area contributed by atoms with E-state index in [1.54, 1.807) is 23.1 Å². The molecule has 6 nitrogen and oxygen atoms in total. The summed E-state index contributed by atoms with van der Waals surface area (Å²) in [4.78, 5) is 14.4. The Kier molecular flexibility index (Phi) is 5.67. The van der Waals surface area contributed by atoms with Crippen LogP contribution in [0.25, 0.3) is 0 Å². The van der Waals surface area contributed by atoms with Gasteiger partial charge in [0.2, 0.25) is 15.9 Å². The highest BCUT2D eigenvalue weighted by atomic mass is 32.2. The Labute approximate surface area is 144 Å². The van der Waals surface area contributed by atoms with E-state index in [2.05, 4.69) is 4.72 Å². The Morgan fingerprint density at radius 2 is 1.96 bits per heavy atom. The molecule has 1 N–H and O–H groups in total. The van der Waals surface area contributed by atoms with Crippen LogP contribution in [-0.4, -0.2) is 40.6 Å². The first-order valence-corrected chi connectivity index (χ1v) is 9.78. The predicted molar refractivity (Wildman–Crippen MR) is 93.8 cm³/mol. The van der Waals surface area contributed by atoms with Crippen LogP contribution in [0.2, 0.25) is 0 Å². The number of sulfonamides is 1. The monoisotopic (exact) mass is 354 g/mol. The molecule has 0 fully saturated rings. The summed E-state index contributed by atoms with van der Waals surface area (Å²) in [6, 6.07) is 4.90. The van der Waals surface area contributed by atoms with E-state index in [0.717, 1.165) is 11.3 Å². The van der Waals surface area contributed by atoms with Crippen LogP contribution < -0.4 is 9.62 Å². The van der Waals surface area contributed by atoms with Crippen molar-refractivity contribution in [3.05, 3.63) is 23.8 Å². The number of benzene rings is 1. The summed E-state index contributed by atoms with van der Waals surface area (Å²) in [6.45, 7) is 9.50. The van der Waals surface area contributed by atoms with E-state index < -0.39 is 15.4 Å². The third-order valence-electron chi connectivity index (χ3n) is 4.30. The smallest absolute Gasteiger partial charge is 0.240 e. The molecule has 1 aliphatic heterocycles. The van der Waals surface area contributed by atoms with Crippen LogP contribution in [0.3, 0.4) is 0 Å². The van der Waals surface area contributed by atoms with Crippen LogP contribution in [0.15, 0.2) is 23.1 Å². The summed E-state index contributed by atoms with van der Waals surface area (Å²) in [5.74, 6) is -0.000721. The summed E-state index contributed by atoms with van der Waals surface area (Å²) in [6.07, 6.45) is 0.617. The summed E-state index contributed by atoms with van der Waals surface area (Å²) in [5, 5.41) is 0. The molecule has 0 bridgehead atoms. The summed E-state index contributed by atoms with van der Waals surface area (Å²) in [5.41, 5.74) is 0.834. The maximum atomic E-state index is 12.5. The summed E-state index contributed by atoms with van der Waals surface area (Å²) >= 11 is 0. The molecule has 0 spiro atoms. The topological polar surface area (TPSA) is 75.7 Å². The lowest BCUT2D eigenvalue weighted by Gasteiger charge is -2.18. The summed E-state index contributed by atoms with van der Waals surface area (Å²) < 4.78 is 32.7. The second kappa shape index (κ2) is 7.21. The fraction of sp³-hybridized carbons (Fsp3) is 0.588. The highest BCUT2D eigenvalue weighted by molar-refractivity contribution is 7.89. The van der Waals surface area contributed by atoms with Gasteiger partial charge in [0.25, 0.3) is 0 Å². The van der Waals surface area contributed by atoms with Crippen LogP contribution in [-0.2, 0) is 25.0 Å². The highest BCUT2D eigenvalue weighted by Gasteiger charge is 2.43. The molecule has 24 heavy (non-hydrogen) atoms. The molecular weight excluding hydrogens is 328 g/mol. The molecule has 0 aliphatic carbocycles. The largest absolute Gasteiger partial charge is 0.382 e. The Morgan fingerprint density at radius 3 is 2.58 bits per heavy atom. The molecule has 0 atom stereocenters. The fourth-order valence-electron chi connectivity index (χ4n) is 2.90. The van der Waals surface area contributed by atoms with Gasteiger partial charge in [-0.15, -0.1) is 0 Å². The number of amides is 1. The number of fused-ring (bicyclic) bond motifs is 1. The van der Waals surface area contributed by atoms with Crippen molar-refractivity contribution >= 4 is 21.6 Å². The molecule has 0 saturated carbocycles. The maximum absolute atomic E-state index is 12.5. The molecule has 1 aliphatic rings. The minimum Gasteiger partial charge on any atom is -0.382 e. The van der Waals surface area contributed by atoms with Gasteiger partial charge in [-0.25, -0.2) is 13.1 Å². The number of carbonyl (C=O) groups is 1. The van der Waals surface area contributed by atoms with E-state index in [1.165, 1.54) is 0 Å². The van der Waals surface area contributed by atoms with Gasteiger partial charge in [-0.1, -0.05) is 0 Å². The van der Waals surface area contributed by atoms with E-state index in [-0.39, 0.29) is 10.8 Å². The number of likely N-dealkylation sites (N-methyl/N-ethyl adjacent to an activating group) is 1. The van der Waals surface area contributed by atoms with Gasteiger partial charge < -0.3 is 9.64 Å². The summed E-state index contributed by atoms with van der Waals surface area (Å²) in [7, 11) is -3.60. The zero-order valence-corrected chi connectivity index (χ0v) is 15.6. The van der Waals surface area contributed by atoms with Crippen LogP contribution in [0.5, 0.6) is 0 Å². The van der Waals surface area contributed by atoms with Gasteiger partial charge in [0.15, 0.2) is 0 Å². The lowest BCUT2D eigenvalue weighted by Crippen LogP contribution is -2.35. The Morgan fingerprint density at radius 1 is 1.25 bits per heavy atom. The number of nitrogens with zero attached hydrogens (tertiary/aromatic N) is 1. The molecular formula is C17H26N2O4S. The predicted octanol–water partition coefficient (Wildman–Crippen LogP) is 2.04. The molecule has 1 aromatic rings. The average molecular weight is 354 g/mol. The van der Waals surface area contributed by atoms with Crippen molar-refractivity contribution in [2.75, 3.05) is 31.2 Å². The van der Waals surface area contributed by atoms with E-state index in [9.17, 15) is 13.2 Å². The van der Waals surface area contributed by atoms with Crippen molar-refractivity contribution in [1.82, 2.24) is 4.72 Å². The molecule has 0 unspecified atom stereocenters. The minimum absolute atomic E-state index is 0.000721. The van der Waals surface area contributed by atoms with Crippen molar-refractivity contribution in [1.29, 1.82) is 0 Å². The van der Waals surface area contributed by atoms with Crippen LogP contribution in [0, 0.1) is 0 Å². The number of anilines is 1. The molecule has 7 heteroatoms. The quantitative estimate of drug-likeness (QED) is 0.725. The van der Waals surface area contributed by atoms with Gasteiger partial charge in [-0.3, -0.25) is 4.79 Å². The highest BCUT2D eigenvalue weighted by Crippen LogP contribution is 2.42. The van der Waals surface area contributed by atoms with E-state index >= 15 is 0 Å². The van der Waals surface area contributed by atoms with Crippen molar-refractivity contribution in [2.24, 2.45) is 0 Å². The van der Waals surface area contributed by atoms with Crippen LogP contribution >= 0.6 is 0 Å². The number of ether oxygens (including phenoxy) is 1. The molecule has 0 saturated heterocycles. The van der Waals surface area contributed by atoms with Crippen molar-refractivity contribution < 1.29 is 17.9 Å². The van der Waals surface area contributed by atoms with Crippen LogP contribution in [0.1, 0.15) is 39.7 Å². The number of rotatable bonds is 8. The Hall–Kier alpha value is -1.44. The molecule has 0 aromatic heterocycles. The first-order valence-electron chi connectivity index (χ1n) is 8.29. The van der Waals surface area contributed by atoms with Gasteiger partial charge in [-0.2, -0.15) is 0 Å². The van der Waals surface area contributed by atoms with E-state index in [4.69, 9.17) is 4.74 Å². The SMILES string of the molecule is CCOCCCNS(=O)(=O)c1ccc2c(c1)C(C)(C)C(=O)N2CC. The normalized spacial score (nSPS) is 16.5.